The Morgan fingerprint density at radius 1 is 1.25 bits per heavy atom. The summed E-state index contributed by atoms with van der Waals surface area (Å²) in [5.41, 5.74) is 2.58. The van der Waals surface area contributed by atoms with Gasteiger partial charge in [0, 0.05) is 48.5 Å². The SMILES string of the molecule is Cn1cc(-c2ccc3cnc(NC(=O)CN4C5CCC4COC5)cc3n2)cn1. The molecule has 0 aliphatic carbocycles. The number of fused-ring (bicyclic) bond motifs is 3. The first-order chi connectivity index (χ1) is 13.7. The molecule has 28 heavy (non-hydrogen) atoms. The van der Waals surface area contributed by atoms with E-state index in [9.17, 15) is 4.79 Å². The minimum Gasteiger partial charge on any atom is -0.378 e. The van der Waals surface area contributed by atoms with Gasteiger partial charge in [-0.05, 0) is 25.0 Å². The van der Waals surface area contributed by atoms with Crippen molar-refractivity contribution in [3.8, 4) is 11.3 Å². The minimum atomic E-state index is -0.0472. The van der Waals surface area contributed by atoms with Crippen LogP contribution >= 0.6 is 0 Å². The predicted molar refractivity (Wildman–Crippen MR) is 105 cm³/mol. The van der Waals surface area contributed by atoms with Crippen LogP contribution in [0.4, 0.5) is 5.82 Å². The summed E-state index contributed by atoms with van der Waals surface area (Å²) in [6.45, 7) is 1.82. The monoisotopic (exact) mass is 378 g/mol. The number of nitrogens with one attached hydrogen (secondary N) is 1. The van der Waals surface area contributed by atoms with Crippen molar-refractivity contribution in [1.29, 1.82) is 0 Å². The fourth-order valence-corrected chi connectivity index (χ4v) is 4.12. The number of anilines is 1. The van der Waals surface area contributed by atoms with E-state index >= 15 is 0 Å². The minimum absolute atomic E-state index is 0.0472. The van der Waals surface area contributed by atoms with Crippen LogP contribution in [0.3, 0.4) is 0 Å². The highest BCUT2D eigenvalue weighted by Crippen LogP contribution is 2.28. The number of pyridine rings is 2. The van der Waals surface area contributed by atoms with Crippen LogP contribution in [0.5, 0.6) is 0 Å². The van der Waals surface area contributed by atoms with Gasteiger partial charge in [0.15, 0.2) is 0 Å². The number of ether oxygens (including phenoxy) is 1. The molecule has 2 bridgehead atoms. The molecule has 2 aliphatic rings. The first-order valence-electron chi connectivity index (χ1n) is 9.55. The van der Waals surface area contributed by atoms with Crippen LogP contribution in [-0.2, 0) is 16.6 Å². The highest BCUT2D eigenvalue weighted by Gasteiger charge is 2.38. The van der Waals surface area contributed by atoms with Crippen LogP contribution in [0.25, 0.3) is 22.2 Å². The number of aryl methyl sites for hydroxylation is 1. The molecular weight excluding hydrogens is 356 g/mol. The van der Waals surface area contributed by atoms with E-state index in [-0.39, 0.29) is 5.91 Å². The maximum atomic E-state index is 12.6. The lowest BCUT2D eigenvalue weighted by molar-refractivity contribution is -0.120. The van der Waals surface area contributed by atoms with E-state index in [1.54, 1.807) is 17.1 Å². The molecule has 8 heteroatoms. The summed E-state index contributed by atoms with van der Waals surface area (Å²) in [7, 11) is 1.88. The van der Waals surface area contributed by atoms with Crippen LogP contribution in [0, 0.1) is 0 Å². The maximum Gasteiger partial charge on any atom is 0.239 e. The van der Waals surface area contributed by atoms with Crippen LogP contribution in [0.2, 0.25) is 0 Å². The van der Waals surface area contributed by atoms with Gasteiger partial charge in [-0.2, -0.15) is 5.10 Å². The molecule has 0 aromatic carbocycles. The van der Waals surface area contributed by atoms with E-state index in [0.29, 0.717) is 24.4 Å². The topological polar surface area (TPSA) is 85.2 Å². The molecule has 0 radical (unpaired) electrons. The normalized spacial score (nSPS) is 21.9. The van der Waals surface area contributed by atoms with Gasteiger partial charge in [-0.1, -0.05) is 0 Å². The highest BCUT2D eigenvalue weighted by atomic mass is 16.5. The number of carbonyl (C=O) groups excluding carboxylic acids is 1. The van der Waals surface area contributed by atoms with E-state index < -0.39 is 0 Å². The van der Waals surface area contributed by atoms with Crippen LogP contribution in [0.1, 0.15) is 12.8 Å². The fourth-order valence-electron chi connectivity index (χ4n) is 4.12. The molecule has 2 fully saturated rings. The van der Waals surface area contributed by atoms with Crippen molar-refractivity contribution >= 4 is 22.6 Å². The van der Waals surface area contributed by atoms with Crippen LogP contribution < -0.4 is 5.32 Å². The standard InChI is InChI=1S/C20H22N6O2/c1-25-9-14(8-22-25)17-5-2-13-7-21-19(6-18(13)23-17)24-20(27)10-26-15-3-4-16(26)12-28-11-15/h2,5-9,15-16H,3-4,10-12H2,1H3,(H,21,24,27). The largest absolute Gasteiger partial charge is 0.378 e. The first-order valence-corrected chi connectivity index (χ1v) is 9.55. The highest BCUT2D eigenvalue weighted by molar-refractivity contribution is 5.93. The van der Waals surface area contributed by atoms with Gasteiger partial charge in [0.05, 0.1) is 37.2 Å². The van der Waals surface area contributed by atoms with Crippen molar-refractivity contribution in [3.05, 3.63) is 36.8 Å². The maximum absolute atomic E-state index is 12.6. The summed E-state index contributed by atoms with van der Waals surface area (Å²) >= 11 is 0. The van der Waals surface area contributed by atoms with Crippen molar-refractivity contribution in [2.75, 3.05) is 25.1 Å². The zero-order valence-electron chi connectivity index (χ0n) is 15.7. The van der Waals surface area contributed by atoms with E-state index in [1.165, 1.54) is 0 Å². The van der Waals surface area contributed by atoms with Gasteiger partial charge in [-0.3, -0.25) is 14.4 Å². The summed E-state index contributed by atoms with van der Waals surface area (Å²) in [5.74, 6) is 0.475. The van der Waals surface area contributed by atoms with Crippen molar-refractivity contribution in [1.82, 2.24) is 24.6 Å². The molecule has 3 aromatic heterocycles. The molecule has 144 valence electrons. The van der Waals surface area contributed by atoms with E-state index in [2.05, 4.69) is 20.3 Å². The number of aromatic nitrogens is 4. The van der Waals surface area contributed by atoms with Gasteiger partial charge in [0.1, 0.15) is 5.82 Å². The van der Waals surface area contributed by atoms with Gasteiger partial charge in [-0.15, -0.1) is 0 Å². The Morgan fingerprint density at radius 3 is 2.82 bits per heavy atom. The van der Waals surface area contributed by atoms with E-state index in [0.717, 1.165) is 48.2 Å². The third kappa shape index (κ3) is 3.25. The van der Waals surface area contributed by atoms with Gasteiger partial charge in [0.2, 0.25) is 5.91 Å². The molecule has 1 N–H and O–H groups in total. The van der Waals surface area contributed by atoms with Crippen molar-refractivity contribution in [2.45, 2.75) is 24.9 Å². The second-order valence-electron chi connectivity index (χ2n) is 7.50. The second-order valence-corrected chi connectivity index (χ2v) is 7.50. The number of hydrogen-bond donors (Lipinski definition) is 1. The van der Waals surface area contributed by atoms with Gasteiger partial charge < -0.3 is 10.1 Å². The van der Waals surface area contributed by atoms with Crippen LogP contribution in [-0.4, -0.2) is 62.4 Å². The number of nitrogens with zero attached hydrogens (tertiary/aromatic N) is 5. The molecule has 5 heterocycles. The Morgan fingerprint density at radius 2 is 2.07 bits per heavy atom. The van der Waals surface area contributed by atoms with Crippen molar-refractivity contribution < 1.29 is 9.53 Å². The van der Waals surface area contributed by atoms with E-state index in [1.807, 2.05) is 31.4 Å². The number of carbonyl (C=O) groups is 1. The Hall–Kier alpha value is -2.84. The third-order valence-corrected chi connectivity index (χ3v) is 5.56. The summed E-state index contributed by atoms with van der Waals surface area (Å²) < 4.78 is 7.33. The molecule has 5 rings (SSSR count). The number of rotatable bonds is 4. The van der Waals surface area contributed by atoms with Gasteiger partial charge in [-0.25, -0.2) is 9.97 Å². The lowest BCUT2D eigenvalue weighted by Gasteiger charge is -2.33. The third-order valence-electron chi connectivity index (χ3n) is 5.56. The van der Waals surface area contributed by atoms with Crippen molar-refractivity contribution in [3.63, 3.8) is 0 Å². The van der Waals surface area contributed by atoms with Gasteiger partial charge in [0.25, 0.3) is 0 Å². The molecule has 2 unspecified atom stereocenters. The molecule has 3 aromatic rings. The zero-order valence-corrected chi connectivity index (χ0v) is 15.7. The smallest absolute Gasteiger partial charge is 0.239 e. The summed E-state index contributed by atoms with van der Waals surface area (Å²) in [6.07, 6.45) is 7.66. The van der Waals surface area contributed by atoms with Crippen LogP contribution in [0.15, 0.2) is 36.8 Å². The zero-order chi connectivity index (χ0) is 19.1. The Labute approximate surface area is 162 Å². The van der Waals surface area contributed by atoms with Gasteiger partial charge >= 0.3 is 0 Å². The Balaban J connectivity index is 1.33. The molecular formula is C20H22N6O2. The fraction of sp³-hybridized carbons (Fsp3) is 0.400. The molecule has 0 spiro atoms. The molecule has 8 nitrogen and oxygen atoms in total. The summed E-state index contributed by atoms with van der Waals surface area (Å²) in [6, 6.07) is 6.47. The molecule has 2 saturated heterocycles. The predicted octanol–water partition coefficient (Wildman–Crippen LogP) is 1.83. The summed E-state index contributed by atoms with van der Waals surface area (Å²) in [5, 5.41) is 8.05. The molecule has 2 aliphatic heterocycles. The second kappa shape index (κ2) is 6.96. The molecule has 0 saturated carbocycles. The average Bonchev–Trinajstić information content (AvgIpc) is 3.20. The average molecular weight is 378 g/mol. The number of amides is 1. The summed E-state index contributed by atoms with van der Waals surface area (Å²) in [4.78, 5) is 23.9. The number of hydrogen-bond acceptors (Lipinski definition) is 6. The Bertz CT molecular complexity index is 1020. The lowest BCUT2D eigenvalue weighted by atomic mass is 10.2. The lowest BCUT2D eigenvalue weighted by Crippen LogP contribution is -2.48. The first kappa shape index (κ1) is 17.3. The molecule has 2 atom stereocenters. The number of morpholine rings is 1. The Kier molecular flexibility index (Phi) is 4.29. The molecule has 1 amide bonds. The van der Waals surface area contributed by atoms with E-state index in [4.69, 9.17) is 9.72 Å². The van der Waals surface area contributed by atoms with Crippen molar-refractivity contribution in [2.24, 2.45) is 7.05 Å². The quantitative estimate of drug-likeness (QED) is 0.746.